The Kier molecular flexibility index (Phi) is 3.91. The van der Waals surface area contributed by atoms with Gasteiger partial charge in [0.15, 0.2) is 0 Å². The van der Waals surface area contributed by atoms with Crippen LogP contribution in [-0.2, 0) is 9.53 Å². The Bertz CT molecular complexity index is 177. The SMILES string of the molecule is CC(=O)OCC(C)(O)CC(C)(C)C. The highest BCUT2D eigenvalue weighted by Crippen LogP contribution is 2.27. The fourth-order valence-corrected chi connectivity index (χ4v) is 1.45. The number of carbonyl (C=O) groups excluding carboxylic acids is 1. The third kappa shape index (κ3) is 7.78. The Morgan fingerprint density at radius 3 is 2.08 bits per heavy atom. The van der Waals surface area contributed by atoms with Crippen molar-refractivity contribution in [3.63, 3.8) is 0 Å². The summed E-state index contributed by atoms with van der Waals surface area (Å²) in [5.41, 5.74) is -0.895. The number of aliphatic hydroxyl groups is 1. The molecule has 0 aliphatic carbocycles. The van der Waals surface area contributed by atoms with Crippen LogP contribution in [-0.4, -0.2) is 23.3 Å². The van der Waals surface area contributed by atoms with Crippen molar-refractivity contribution in [2.75, 3.05) is 6.61 Å². The maximum absolute atomic E-state index is 10.5. The third-order valence-corrected chi connectivity index (χ3v) is 1.50. The van der Waals surface area contributed by atoms with E-state index in [1.54, 1.807) is 6.92 Å². The van der Waals surface area contributed by atoms with Crippen molar-refractivity contribution in [3.05, 3.63) is 0 Å². The molecule has 0 heterocycles. The lowest BCUT2D eigenvalue weighted by molar-refractivity contribution is -0.149. The van der Waals surface area contributed by atoms with Gasteiger partial charge in [0.2, 0.25) is 0 Å². The maximum atomic E-state index is 10.5. The Morgan fingerprint density at radius 2 is 1.77 bits per heavy atom. The minimum Gasteiger partial charge on any atom is -0.463 e. The summed E-state index contributed by atoms with van der Waals surface area (Å²) in [6.07, 6.45) is 0.604. The molecule has 0 aromatic carbocycles. The molecule has 0 aliphatic heterocycles. The highest BCUT2D eigenvalue weighted by Gasteiger charge is 2.28. The van der Waals surface area contributed by atoms with E-state index in [0.29, 0.717) is 6.42 Å². The molecule has 3 heteroatoms. The molecule has 78 valence electrons. The highest BCUT2D eigenvalue weighted by atomic mass is 16.5. The summed E-state index contributed by atoms with van der Waals surface area (Å²) >= 11 is 0. The first-order valence-corrected chi connectivity index (χ1v) is 4.48. The first-order chi connectivity index (χ1) is 5.62. The molecule has 0 aromatic heterocycles. The summed E-state index contributed by atoms with van der Waals surface area (Å²) in [6, 6.07) is 0. The number of hydrogen-bond donors (Lipinski definition) is 1. The monoisotopic (exact) mass is 188 g/mol. The van der Waals surface area contributed by atoms with Crippen LogP contribution in [0.25, 0.3) is 0 Å². The van der Waals surface area contributed by atoms with Gasteiger partial charge in [-0.3, -0.25) is 4.79 Å². The maximum Gasteiger partial charge on any atom is 0.302 e. The average molecular weight is 188 g/mol. The number of carbonyl (C=O) groups is 1. The lowest BCUT2D eigenvalue weighted by Crippen LogP contribution is -2.35. The van der Waals surface area contributed by atoms with E-state index in [1.807, 2.05) is 20.8 Å². The summed E-state index contributed by atoms with van der Waals surface area (Å²) in [6.45, 7) is 9.20. The summed E-state index contributed by atoms with van der Waals surface area (Å²) in [7, 11) is 0. The normalized spacial score (nSPS) is 16.5. The van der Waals surface area contributed by atoms with Crippen molar-refractivity contribution in [1.29, 1.82) is 0 Å². The van der Waals surface area contributed by atoms with Crippen molar-refractivity contribution in [2.45, 2.75) is 46.6 Å². The number of rotatable bonds is 3. The zero-order valence-electron chi connectivity index (χ0n) is 9.18. The molecule has 1 N–H and O–H groups in total. The van der Waals surface area contributed by atoms with Crippen LogP contribution < -0.4 is 0 Å². The van der Waals surface area contributed by atoms with Crippen molar-refractivity contribution < 1.29 is 14.6 Å². The van der Waals surface area contributed by atoms with E-state index in [1.165, 1.54) is 6.92 Å². The van der Waals surface area contributed by atoms with E-state index in [9.17, 15) is 9.90 Å². The van der Waals surface area contributed by atoms with E-state index in [2.05, 4.69) is 0 Å². The van der Waals surface area contributed by atoms with Crippen LogP contribution in [0.3, 0.4) is 0 Å². The van der Waals surface area contributed by atoms with Crippen molar-refractivity contribution in [3.8, 4) is 0 Å². The Balaban J connectivity index is 4.01. The van der Waals surface area contributed by atoms with Gasteiger partial charge < -0.3 is 9.84 Å². The molecule has 13 heavy (non-hydrogen) atoms. The molecule has 0 spiro atoms. The molecule has 0 rings (SSSR count). The zero-order chi connectivity index (χ0) is 10.7. The van der Waals surface area contributed by atoms with Gasteiger partial charge in [-0.05, 0) is 18.8 Å². The highest BCUT2D eigenvalue weighted by molar-refractivity contribution is 5.65. The van der Waals surface area contributed by atoms with E-state index in [-0.39, 0.29) is 18.0 Å². The van der Waals surface area contributed by atoms with Crippen molar-refractivity contribution >= 4 is 5.97 Å². The lowest BCUT2D eigenvalue weighted by atomic mass is 9.83. The predicted molar refractivity (Wildman–Crippen MR) is 51.3 cm³/mol. The lowest BCUT2D eigenvalue weighted by Gasteiger charge is -2.30. The number of ether oxygens (including phenoxy) is 1. The largest absolute Gasteiger partial charge is 0.463 e. The van der Waals surface area contributed by atoms with Crippen molar-refractivity contribution in [2.24, 2.45) is 5.41 Å². The summed E-state index contributed by atoms with van der Waals surface area (Å²) in [4.78, 5) is 10.5. The molecule has 0 bridgehead atoms. The number of hydrogen-bond acceptors (Lipinski definition) is 3. The molecule has 3 nitrogen and oxygen atoms in total. The Morgan fingerprint density at radius 1 is 1.31 bits per heavy atom. The van der Waals surface area contributed by atoms with Crippen LogP contribution in [0.2, 0.25) is 0 Å². The summed E-state index contributed by atoms with van der Waals surface area (Å²) in [5.74, 6) is -0.353. The quantitative estimate of drug-likeness (QED) is 0.686. The van der Waals surface area contributed by atoms with Crippen LogP contribution in [0.15, 0.2) is 0 Å². The summed E-state index contributed by atoms with van der Waals surface area (Å²) in [5, 5.41) is 9.82. The third-order valence-electron chi connectivity index (χ3n) is 1.50. The van der Waals surface area contributed by atoms with E-state index < -0.39 is 5.60 Å². The Labute approximate surface area is 80.1 Å². The van der Waals surface area contributed by atoms with Crippen LogP contribution in [0.5, 0.6) is 0 Å². The first-order valence-electron chi connectivity index (χ1n) is 4.48. The minimum absolute atomic E-state index is 0.0314. The molecule has 0 saturated carbocycles. The molecule has 0 radical (unpaired) electrons. The van der Waals surface area contributed by atoms with Gasteiger partial charge in [0, 0.05) is 6.92 Å². The van der Waals surface area contributed by atoms with Gasteiger partial charge >= 0.3 is 5.97 Å². The van der Waals surface area contributed by atoms with Gasteiger partial charge in [-0.25, -0.2) is 0 Å². The molecule has 1 atom stereocenters. The van der Waals surface area contributed by atoms with Crippen molar-refractivity contribution in [1.82, 2.24) is 0 Å². The standard InChI is InChI=1S/C10H20O3/c1-8(11)13-7-10(5,12)6-9(2,3)4/h12H,6-7H2,1-5H3. The van der Waals surface area contributed by atoms with Gasteiger partial charge in [0.05, 0.1) is 5.60 Å². The van der Waals surface area contributed by atoms with Gasteiger partial charge in [0.1, 0.15) is 6.61 Å². The molecule has 0 saturated heterocycles. The molecule has 0 aliphatic rings. The zero-order valence-corrected chi connectivity index (χ0v) is 9.18. The topological polar surface area (TPSA) is 46.5 Å². The van der Waals surface area contributed by atoms with Gasteiger partial charge in [-0.1, -0.05) is 20.8 Å². The molecule has 1 unspecified atom stereocenters. The van der Waals surface area contributed by atoms with E-state index in [4.69, 9.17) is 4.74 Å². The average Bonchev–Trinajstić information content (AvgIpc) is 1.78. The van der Waals surface area contributed by atoms with Gasteiger partial charge in [0.25, 0.3) is 0 Å². The fourth-order valence-electron chi connectivity index (χ4n) is 1.45. The minimum atomic E-state index is -0.927. The van der Waals surface area contributed by atoms with E-state index >= 15 is 0 Å². The fraction of sp³-hybridized carbons (Fsp3) is 0.900. The summed E-state index contributed by atoms with van der Waals surface area (Å²) < 4.78 is 4.76. The smallest absolute Gasteiger partial charge is 0.302 e. The second-order valence-electron chi connectivity index (χ2n) is 5.01. The first kappa shape index (κ1) is 12.4. The van der Waals surface area contributed by atoms with E-state index in [0.717, 1.165) is 0 Å². The second kappa shape index (κ2) is 4.09. The van der Waals surface area contributed by atoms with Crippen LogP contribution in [0, 0.1) is 5.41 Å². The molecular weight excluding hydrogens is 168 g/mol. The molecule has 0 aromatic rings. The molecule has 0 fully saturated rings. The van der Waals surface area contributed by atoms with Crippen LogP contribution in [0.4, 0.5) is 0 Å². The molecule has 0 amide bonds. The molecular formula is C10H20O3. The van der Waals surface area contributed by atoms with Gasteiger partial charge in [-0.2, -0.15) is 0 Å². The predicted octanol–water partition coefficient (Wildman–Crippen LogP) is 1.74. The second-order valence-corrected chi connectivity index (χ2v) is 5.01. The van der Waals surface area contributed by atoms with Gasteiger partial charge in [-0.15, -0.1) is 0 Å². The van der Waals surface area contributed by atoms with Crippen LogP contribution >= 0.6 is 0 Å². The number of esters is 1. The Hall–Kier alpha value is -0.570. The van der Waals surface area contributed by atoms with Crippen LogP contribution in [0.1, 0.15) is 41.0 Å².